The third-order valence-corrected chi connectivity index (χ3v) is 3.66. The molecule has 0 aliphatic carbocycles. The number of carboxylic acids is 1. The Morgan fingerprint density at radius 3 is 2.29 bits per heavy atom. The number of carboxylic acid groups (broad SMARTS) is 1. The van der Waals surface area contributed by atoms with E-state index >= 15 is 0 Å². The molecule has 2 atom stereocenters. The first-order chi connectivity index (χ1) is 9.69. The summed E-state index contributed by atoms with van der Waals surface area (Å²) < 4.78 is 5.10. The normalized spacial score (nSPS) is 14.1. The number of carbonyl (C=O) groups excluding carboxylic acids is 1. The number of alkyl carbamates (subject to hydrolysis) is 1. The number of carbonyl (C=O) groups is 2. The summed E-state index contributed by atoms with van der Waals surface area (Å²) in [7, 11) is 0. The number of thioether (sulfide) groups is 1. The van der Waals surface area contributed by atoms with Gasteiger partial charge in [0.25, 0.3) is 0 Å². The Hall–Kier alpha value is -1.69. The average Bonchev–Trinajstić information content (AvgIpc) is 2.34. The van der Waals surface area contributed by atoms with Crippen LogP contribution >= 0.6 is 11.8 Å². The zero-order chi connectivity index (χ0) is 16.0. The van der Waals surface area contributed by atoms with Crippen molar-refractivity contribution >= 4 is 23.8 Å². The van der Waals surface area contributed by atoms with Crippen molar-refractivity contribution in [1.82, 2.24) is 5.32 Å². The standard InChI is InChI=1S/C15H21NO4S/c1-10(21-11-8-6-5-7-9-11)12(13(17)18)16-14(19)20-15(2,3)4/h5-10,12H,1-4H3,(H,16,19)(H,17,18)/t10-,12+/m1/s1. The van der Waals surface area contributed by atoms with Crippen molar-refractivity contribution in [2.24, 2.45) is 0 Å². The van der Waals surface area contributed by atoms with Gasteiger partial charge in [-0.1, -0.05) is 25.1 Å². The van der Waals surface area contributed by atoms with Crippen molar-refractivity contribution < 1.29 is 19.4 Å². The highest BCUT2D eigenvalue weighted by molar-refractivity contribution is 8.00. The van der Waals surface area contributed by atoms with Crippen molar-refractivity contribution in [2.75, 3.05) is 0 Å². The van der Waals surface area contributed by atoms with Crippen molar-refractivity contribution in [3.05, 3.63) is 30.3 Å². The van der Waals surface area contributed by atoms with Crippen LogP contribution in [0.3, 0.4) is 0 Å². The Morgan fingerprint density at radius 2 is 1.81 bits per heavy atom. The summed E-state index contributed by atoms with van der Waals surface area (Å²) in [6, 6.07) is 8.42. The molecular formula is C15H21NO4S. The Labute approximate surface area is 129 Å². The lowest BCUT2D eigenvalue weighted by molar-refractivity contribution is -0.139. The minimum atomic E-state index is -1.09. The fourth-order valence-electron chi connectivity index (χ4n) is 1.60. The molecule has 0 unspecified atom stereocenters. The van der Waals surface area contributed by atoms with Gasteiger partial charge in [0.05, 0.1) is 0 Å². The fraction of sp³-hybridized carbons (Fsp3) is 0.467. The largest absolute Gasteiger partial charge is 0.480 e. The van der Waals surface area contributed by atoms with Crippen LogP contribution in [0.15, 0.2) is 35.2 Å². The van der Waals surface area contributed by atoms with Gasteiger partial charge in [-0.05, 0) is 32.9 Å². The number of hydrogen-bond acceptors (Lipinski definition) is 4. The lowest BCUT2D eigenvalue weighted by Gasteiger charge is -2.24. The summed E-state index contributed by atoms with van der Waals surface area (Å²) in [6.45, 7) is 6.94. The zero-order valence-corrected chi connectivity index (χ0v) is 13.4. The van der Waals surface area contributed by atoms with Gasteiger partial charge in [0, 0.05) is 10.1 Å². The number of ether oxygens (including phenoxy) is 1. The van der Waals surface area contributed by atoms with Crippen LogP contribution in [-0.4, -0.2) is 34.1 Å². The highest BCUT2D eigenvalue weighted by Crippen LogP contribution is 2.25. The maximum Gasteiger partial charge on any atom is 0.408 e. The first-order valence-electron chi connectivity index (χ1n) is 6.63. The summed E-state index contributed by atoms with van der Waals surface area (Å²) in [6.07, 6.45) is -0.726. The van der Waals surface area contributed by atoms with E-state index in [0.717, 1.165) is 4.90 Å². The van der Waals surface area contributed by atoms with E-state index in [1.165, 1.54) is 11.8 Å². The maximum absolute atomic E-state index is 11.7. The van der Waals surface area contributed by atoms with Crippen LogP contribution in [0.2, 0.25) is 0 Å². The van der Waals surface area contributed by atoms with Gasteiger partial charge >= 0.3 is 12.1 Å². The summed E-state index contributed by atoms with van der Waals surface area (Å²) in [4.78, 5) is 24.0. The summed E-state index contributed by atoms with van der Waals surface area (Å²) >= 11 is 1.39. The molecule has 0 aromatic heterocycles. The number of benzene rings is 1. The van der Waals surface area contributed by atoms with E-state index < -0.39 is 23.7 Å². The molecule has 5 nitrogen and oxygen atoms in total. The molecule has 0 bridgehead atoms. The molecule has 0 aliphatic rings. The second kappa shape index (κ2) is 7.36. The van der Waals surface area contributed by atoms with Gasteiger partial charge in [0.15, 0.2) is 0 Å². The summed E-state index contributed by atoms with van der Waals surface area (Å²) in [5, 5.41) is 11.4. The van der Waals surface area contributed by atoms with Crippen molar-refractivity contribution in [3.8, 4) is 0 Å². The van der Waals surface area contributed by atoms with Gasteiger partial charge in [-0.3, -0.25) is 0 Å². The van der Waals surface area contributed by atoms with E-state index in [4.69, 9.17) is 4.74 Å². The van der Waals surface area contributed by atoms with Gasteiger partial charge in [0.1, 0.15) is 11.6 Å². The quantitative estimate of drug-likeness (QED) is 0.817. The molecule has 2 N–H and O–H groups in total. The molecule has 6 heteroatoms. The molecule has 0 radical (unpaired) electrons. The Morgan fingerprint density at radius 1 is 1.24 bits per heavy atom. The second-order valence-corrected chi connectivity index (χ2v) is 7.05. The minimum Gasteiger partial charge on any atom is -0.480 e. The summed E-state index contributed by atoms with van der Waals surface area (Å²) in [5.74, 6) is -1.09. The summed E-state index contributed by atoms with van der Waals surface area (Å²) in [5.41, 5.74) is -0.664. The predicted molar refractivity (Wildman–Crippen MR) is 82.6 cm³/mol. The number of rotatable bonds is 5. The van der Waals surface area contributed by atoms with Crippen LogP contribution in [0.5, 0.6) is 0 Å². The topological polar surface area (TPSA) is 75.6 Å². The lowest BCUT2D eigenvalue weighted by atomic mass is 10.2. The number of hydrogen-bond donors (Lipinski definition) is 2. The molecule has 0 aliphatic heterocycles. The average molecular weight is 311 g/mol. The molecule has 1 rings (SSSR count). The Kier molecular flexibility index (Phi) is 6.08. The molecule has 1 aromatic rings. The van der Waals surface area contributed by atoms with E-state index in [-0.39, 0.29) is 5.25 Å². The fourth-order valence-corrected chi connectivity index (χ4v) is 2.66. The number of aliphatic carboxylic acids is 1. The number of amides is 1. The van der Waals surface area contributed by atoms with Crippen molar-refractivity contribution in [2.45, 2.75) is 49.5 Å². The van der Waals surface area contributed by atoms with Crippen LogP contribution in [0.1, 0.15) is 27.7 Å². The molecule has 116 valence electrons. The Balaban J connectivity index is 2.68. The molecule has 0 spiro atoms. The first kappa shape index (κ1) is 17.4. The molecule has 0 saturated heterocycles. The van der Waals surface area contributed by atoms with Crippen LogP contribution in [0.4, 0.5) is 4.79 Å². The molecule has 0 saturated carbocycles. The molecule has 0 fully saturated rings. The highest BCUT2D eigenvalue weighted by Gasteiger charge is 2.29. The monoisotopic (exact) mass is 311 g/mol. The first-order valence-corrected chi connectivity index (χ1v) is 7.51. The van der Waals surface area contributed by atoms with Crippen molar-refractivity contribution in [1.29, 1.82) is 0 Å². The van der Waals surface area contributed by atoms with Gasteiger partial charge in [-0.2, -0.15) is 0 Å². The van der Waals surface area contributed by atoms with Gasteiger partial charge in [0.2, 0.25) is 0 Å². The van der Waals surface area contributed by atoms with E-state index in [2.05, 4.69) is 5.32 Å². The molecule has 1 amide bonds. The second-order valence-electron chi connectivity index (χ2n) is 5.60. The van der Waals surface area contributed by atoms with E-state index in [0.29, 0.717) is 0 Å². The van der Waals surface area contributed by atoms with Crippen LogP contribution in [0, 0.1) is 0 Å². The zero-order valence-electron chi connectivity index (χ0n) is 12.6. The lowest BCUT2D eigenvalue weighted by Crippen LogP contribution is -2.48. The smallest absolute Gasteiger partial charge is 0.408 e. The van der Waals surface area contributed by atoms with Crippen molar-refractivity contribution in [3.63, 3.8) is 0 Å². The van der Waals surface area contributed by atoms with Gasteiger partial charge < -0.3 is 15.2 Å². The number of nitrogens with one attached hydrogen (secondary N) is 1. The van der Waals surface area contributed by atoms with E-state index in [1.807, 2.05) is 30.3 Å². The van der Waals surface area contributed by atoms with E-state index in [9.17, 15) is 14.7 Å². The van der Waals surface area contributed by atoms with Gasteiger partial charge in [-0.15, -0.1) is 11.8 Å². The maximum atomic E-state index is 11.7. The third-order valence-electron chi connectivity index (χ3n) is 2.47. The van der Waals surface area contributed by atoms with Crippen LogP contribution in [0.25, 0.3) is 0 Å². The predicted octanol–water partition coefficient (Wildman–Crippen LogP) is 3.15. The SMILES string of the molecule is C[C@@H](Sc1ccccc1)[C@H](NC(=O)OC(C)(C)C)C(=O)O. The van der Waals surface area contributed by atoms with Gasteiger partial charge in [-0.25, -0.2) is 9.59 Å². The van der Waals surface area contributed by atoms with E-state index in [1.54, 1.807) is 27.7 Å². The molecular weight excluding hydrogens is 290 g/mol. The third kappa shape index (κ3) is 6.53. The molecule has 0 heterocycles. The van der Waals surface area contributed by atoms with Crippen LogP contribution in [-0.2, 0) is 9.53 Å². The minimum absolute atomic E-state index is 0.336. The van der Waals surface area contributed by atoms with Crippen LogP contribution < -0.4 is 5.32 Å². The molecule has 1 aromatic carbocycles. The highest BCUT2D eigenvalue weighted by atomic mass is 32.2. The Bertz CT molecular complexity index is 484. The molecule has 21 heavy (non-hydrogen) atoms.